The number of hydrogen-bond acceptors (Lipinski definition) is 3. The molecule has 1 aromatic rings. The Kier molecular flexibility index (Phi) is 5.63. The van der Waals surface area contributed by atoms with Gasteiger partial charge in [0.25, 0.3) is 0 Å². The second kappa shape index (κ2) is 7.26. The molecule has 6 heteroatoms. The summed E-state index contributed by atoms with van der Waals surface area (Å²) in [6.07, 6.45) is -0.240. The Balaban J connectivity index is 2.13. The molecular weight excluding hydrogens is 241 g/mol. The lowest BCUT2D eigenvalue weighted by atomic mass is 10.3. The molecule has 0 fully saturated rings. The number of halogens is 1. The Morgan fingerprint density at radius 2 is 1.89 bits per heavy atom. The van der Waals surface area contributed by atoms with Crippen LogP contribution in [-0.2, 0) is 9.59 Å². The molecule has 0 radical (unpaired) electrons. The molecule has 1 aromatic carbocycles. The van der Waals surface area contributed by atoms with Crippen molar-refractivity contribution in [2.45, 2.75) is 12.8 Å². The zero-order valence-corrected chi connectivity index (χ0v) is 9.69. The molecule has 98 valence electrons. The lowest BCUT2D eigenvalue weighted by molar-refractivity contribution is -0.138. The van der Waals surface area contributed by atoms with Gasteiger partial charge in [-0.1, -0.05) is 0 Å². The van der Waals surface area contributed by atoms with Crippen LogP contribution >= 0.6 is 0 Å². The maximum atomic E-state index is 12.6. The second-order valence-corrected chi connectivity index (χ2v) is 3.55. The van der Waals surface area contributed by atoms with Crippen LogP contribution in [0.2, 0.25) is 0 Å². The molecule has 5 nitrogen and oxygen atoms in total. The first-order valence-electron chi connectivity index (χ1n) is 5.45. The van der Waals surface area contributed by atoms with Gasteiger partial charge in [0.1, 0.15) is 18.2 Å². The lowest BCUT2D eigenvalue weighted by Crippen LogP contribution is -2.28. The Morgan fingerprint density at radius 1 is 1.22 bits per heavy atom. The highest BCUT2D eigenvalue weighted by Gasteiger charge is 2.04. The first kappa shape index (κ1) is 14.0. The van der Waals surface area contributed by atoms with Gasteiger partial charge in [0.05, 0.1) is 13.0 Å². The van der Waals surface area contributed by atoms with Crippen molar-refractivity contribution in [3.8, 4) is 5.75 Å². The number of carbonyl (C=O) groups excluding carboxylic acids is 1. The van der Waals surface area contributed by atoms with E-state index in [2.05, 4.69) is 5.32 Å². The molecule has 1 rings (SSSR count). The topological polar surface area (TPSA) is 75.6 Å². The molecule has 0 aliphatic carbocycles. The van der Waals surface area contributed by atoms with Crippen LogP contribution in [0.3, 0.4) is 0 Å². The molecule has 0 atom stereocenters. The molecule has 2 N–H and O–H groups in total. The molecule has 0 aliphatic heterocycles. The minimum atomic E-state index is -1.01. The maximum absolute atomic E-state index is 12.6. The average molecular weight is 255 g/mol. The molecule has 0 saturated heterocycles. The van der Waals surface area contributed by atoms with Gasteiger partial charge in [-0.25, -0.2) is 4.39 Å². The van der Waals surface area contributed by atoms with Gasteiger partial charge in [0.15, 0.2) is 0 Å². The minimum absolute atomic E-state index is 0.0497. The number of aliphatic carboxylic acids is 1. The van der Waals surface area contributed by atoms with Gasteiger partial charge in [0, 0.05) is 6.42 Å². The van der Waals surface area contributed by atoms with Crippen LogP contribution < -0.4 is 10.1 Å². The summed E-state index contributed by atoms with van der Waals surface area (Å²) >= 11 is 0. The van der Waals surface area contributed by atoms with E-state index in [4.69, 9.17) is 9.84 Å². The monoisotopic (exact) mass is 255 g/mol. The van der Waals surface area contributed by atoms with Crippen molar-refractivity contribution in [3.05, 3.63) is 30.1 Å². The smallest absolute Gasteiger partial charge is 0.303 e. The second-order valence-electron chi connectivity index (χ2n) is 3.55. The Labute approximate surface area is 104 Å². The van der Waals surface area contributed by atoms with Crippen molar-refractivity contribution in [1.29, 1.82) is 0 Å². The highest BCUT2D eigenvalue weighted by molar-refractivity contribution is 5.80. The van der Waals surface area contributed by atoms with E-state index in [9.17, 15) is 14.0 Å². The SMILES string of the molecule is O=C(O)CCC(=O)NCCOc1ccc(F)cc1. The molecular formula is C12H14FNO4. The summed E-state index contributed by atoms with van der Waals surface area (Å²) in [6.45, 7) is 0.514. The van der Waals surface area contributed by atoms with Crippen molar-refractivity contribution in [3.63, 3.8) is 0 Å². The molecule has 0 aliphatic rings. The number of rotatable bonds is 7. The third-order valence-electron chi connectivity index (χ3n) is 2.07. The van der Waals surface area contributed by atoms with E-state index < -0.39 is 5.97 Å². The van der Waals surface area contributed by atoms with Gasteiger partial charge in [-0.05, 0) is 24.3 Å². The normalized spacial score (nSPS) is 9.83. The quantitative estimate of drug-likeness (QED) is 0.717. The number of hydrogen-bond donors (Lipinski definition) is 2. The van der Waals surface area contributed by atoms with E-state index in [1.54, 1.807) is 0 Å². The molecule has 0 saturated carbocycles. The van der Waals surface area contributed by atoms with Crippen LogP contribution in [0.25, 0.3) is 0 Å². The van der Waals surface area contributed by atoms with Crippen molar-refractivity contribution < 1.29 is 23.8 Å². The van der Waals surface area contributed by atoms with Gasteiger partial charge in [0.2, 0.25) is 5.91 Å². The van der Waals surface area contributed by atoms with Gasteiger partial charge in [-0.2, -0.15) is 0 Å². The van der Waals surface area contributed by atoms with Crippen molar-refractivity contribution >= 4 is 11.9 Å². The zero-order valence-electron chi connectivity index (χ0n) is 9.69. The van der Waals surface area contributed by atoms with Gasteiger partial charge < -0.3 is 15.2 Å². The van der Waals surface area contributed by atoms with E-state index in [1.807, 2.05) is 0 Å². The summed E-state index contributed by atoms with van der Waals surface area (Å²) in [7, 11) is 0. The standard InChI is InChI=1S/C12H14FNO4/c13-9-1-3-10(4-2-9)18-8-7-14-11(15)5-6-12(16)17/h1-4H,5-8H2,(H,14,15)(H,16,17). The van der Waals surface area contributed by atoms with Crippen LogP contribution in [0, 0.1) is 5.82 Å². The van der Waals surface area contributed by atoms with E-state index in [-0.39, 0.29) is 37.7 Å². The largest absolute Gasteiger partial charge is 0.492 e. The fraction of sp³-hybridized carbons (Fsp3) is 0.333. The van der Waals surface area contributed by atoms with Crippen LogP contribution in [-0.4, -0.2) is 30.1 Å². The van der Waals surface area contributed by atoms with Crippen LogP contribution in [0.4, 0.5) is 4.39 Å². The zero-order chi connectivity index (χ0) is 13.4. The van der Waals surface area contributed by atoms with E-state index in [1.165, 1.54) is 24.3 Å². The molecule has 0 aromatic heterocycles. The molecule has 0 bridgehead atoms. The third-order valence-corrected chi connectivity index (χ3v) is 2.07. The first-order chi connectivity index (χ1) is 8.58. The predicted octanol–water partition coefficient (Wildman–Crippen LogP) is 1.19. The molecule has 1 amide bonds. The summed E-state index contributed by atoms with van der Waals surface area (Å²) in [4.78, 5) is 21.3. The van der Waals surface area contributed by atoms with E-state index >= 15 is 0 Å². The van der Waals surface area contributed by atoms with Gasteiger partial charge in [-0.3, -0.25) is 9.59 Å². The van der Waals surface area contributed by atoms with Crippen molar-refractivity contribution in [2.24, 2.45) is 0 Å². The molecule has 0 heterocycles. The summed E-state index contributed by atoms with van der Waals surface area (Å²) in [5.41, 5.74) is 0. The molecule has 18 heavy (non-hydrogen) atoms. The molecule has 0 unspecified atom stereocenters. The highest BCUT2D eigenvalue weighted by Crippen LogP contribution is 2.10. The lowest BCUT2D eigenvalue weighted by Gasteiger charge is -2.07. The number of carbonyl (C=O) groups is 2. The van der Waals surface area contributed by atoms with Crippen LogP contribution in [0.15, 0.2) is 24.3 Å². The Hall–Kier alpha value is -2.11. The first-order valence-corrected chi connectivity index (χ1v) is 5.45. The summed E-state index contributed by atoms with van der Waals surface area (Å²) in [6, 6.07) is 5.53. The Bertz CT molecular complexity index is 405. The Morgan fingerprint density at radius 3 is 2.50 bits per heavy atom. The van der Waals surface area contributed by atoms with Crippen molar-refractivity contribution in [2.75, 3.05) is 13.2 Å². The number of nitrogens with one attached hydrogen (secondary N) is 1. The van der Waals surface area contributed by atoms with Gasteiger partial charge >= 0.3 is 5.97 Å². The minimum Gasteiger partial charge on any atom is -0.492 e. The van der Waals surface area contributed by atoms with Crippen LogP contribution in [0.5, 0.6) is 5.75 Å². The van der Waals surface area contributed by atoms with E-state index in [0.717, 1.165) is 0 Å². The summed E-state index contributed by atoms with van der Waals surface area (Å²) in [5, 5.41) is 10.9. The number of carboxylic acids is 1. The maximum Gasteiger partial charge on any atom is 0.303 e. The number of amides is 1. The van der Waals surface area contributed by atoms with Crippen molar-refractivity contribution in [1.82, 2.24) is 5.32 Å². The van der Waals surface area contributed by atoms with Gasteiger partial charge in [-0.15, -0.1) is 0 Å². The fourth-order valence-electron chi connectivity index (χ4n) is 1.20. The number of ether oxygens (including phenoxy) is 1. The van der Waals surface area contributed by atoms with E-state index in [0.29, 0.717) is 5.75 Å². The predicted molar refractivity (Wildman–Crippen MR) is 61.8 cm³/mol. The molecule has 0 spiro atoms. The average Bonchev–Trinajstić information content (AvgIpc) is 2.34. The fourth-order valence-corrected chi connectivity index (χ4v) is 1.20. The summed E-state index contributed by atoms with van der Waals surface area (Å²) < 4.78 is 17.8. The summed E-state index contributed by atoms with van der Waals surface area (Å²) in [5.74, 6) is -1.17. The number of benzene rings is 1. The van der Waals surface area contributed by atoms with Crippen LogP contribution in [0.1, 0.15) is 12.8 Å². The number of carboxylic acid groups (broad SMARTS) is 1. The highest BCUT2D eigenvalue weighted by atomic mass is 19.1. The third kappa shape index (κ3) is 5.83.